The van der Waals surface area contributed by atoms with Crippen LogP contribution in [0.2, 0.25) is 0 Å². The van der Waals surface area contributed by atoms with Gasteiger partial charge in [0.15, 0.2) is 5.13 Å². The highest BCUT2D eigenvalue weighted by Crippen LogP contribution is 2.31. The van der Waals surface area contributed by atoms with Gasteiger partial charge >= 0.3 is 18.2 Å². The molecule has 4 rings (SSSR count). The largest absolute Gasteiger partial charge is 0.424 e. The topological polar surface area (TPSA) is 101 Å². The van der Waals surface area contributed by atoms with Gasteiger partial charge in [-0.1, -0.05) is 17.4 Å². The van der Waals surface area contributed by atoms with Crippen LogP contribution in [-0.4, -0.2) is 27.5 Å². The van der Waals surface area contributed by atoms with Gasteiger partial charge in [0, 0.05) is 18.4 Å². The van der Waals surface area contributed by atoms with Gasteiger partial charge in [0.2, 0.25) is 0 Å². The molecule has 2 heterocycles. The molecule has 180 valence electrons. The number of carbonyl (C=O) groups is 1. The lowest BCUT2D eigenvalue weighted by Gasteiger charge is -2.11. The summed E-state index contributed by atoms with van der Waals surface area (Å²) in [6.45, 7) is 2.81. The third-order valence-corrected chi connectivity index (χ3v) is 5.52. The number of carbonyl (C=O) groups excluding carboxylic acids is 1. The number of hydrogen-bond acceptors (Lipinski definition) is 7. The molecule has 8 nitrogen and oxygen atoms in total. The summed E-state index contributed by atoms with van der Waals surface area (Å²) in [7, 11) is 0. The van der Waals surface area contributed by atoms with Crippen LogP contribution in [0.15, 0.2) is 67.1 Å². The van der Waals surface area contributed by atoms with Crippen molar-refractivity contribution in [1.82, 2.24) is 15.0 Å². The van der Waals surface area contributed by atoms with E-state index in [1.807, 2.05) is 19.1 Å². The van der Waals surface area contributed by atoms with Crippen molar-refractivity contribution >= 4 is 33.9 Å². The van der Waals surface area contributed by atoms with Crippen LogP contribution in [0.5, 0.6) is 11.8 Å². The van der Waals surface area contributed by atoms with Crippen molar-refractivity contribution in [2.45, 2.75) is 13.1 Å². The summed E-state index contributed by atoms with van der Waals surface area (Å²) >= 11 is 1.55. The summed E-state index contributed by atoms with van der Waals surface area (Å²) < 4.78 is 44.1. The molecule has 0 bridgehead atoms. The van der Waals surface area contributed by atoms with Gasteiger partial charge in [-0.15, -0.1) is 0 Å². The lowest BCUT2D eigenvalue weighted by molar-refractivity contribution is -0.137. The van der Waals surface area contributed by atoms with Gasteiger partial charge in [-0.3, -0.25) is 0 Å². The van der Waals surface area contributed by atoms with Gasteiger partial charge < -0.3 is 20.7 Å². The molecule has 0 atom stereocenters. The average molecular weight is 501 g/mol. The van der Waals surface area contributed by atoms with E-state index in [-0.39, 0.29) is 17.4 Å². The first kappa shape index (κ1) is 24.0. The van der Waals surface area contributed by atoms with Gasteiger partial charge in [0.25, 0.3) is 0 Å². The molecule has 4 aromatic rings. The molecule has 12 heteroatoms. The van der Waals surface area contributed by atoms with Crippen LogP contribution >= 0.6 is 11.3 Å². The van der Waals surface area contributed by atoms with E-state index in [0.29, 0.717) is 5.75 Å². The zero-order chi connectivity index (χ0) is 24.8. The number of rotatable bonds is 7. The normalized spacial score (nSPS) is 11.1. The third-order valence-electron chi connectivity index (χ3n) is 4.52. The Morgan fingerprint density at radius 1 is 0.971 bits per heavy atom. The van der Waals surface area contributed by atoms with Crippen LogP contribution in [0.4, 0.5) is 34.5 Å². The number of alkyl halides is 3. The molecule has 0 saturated heterocycles. The number of hydrogen-bond donors (Lipinski definition) is 3. The summed E-state index contributed by atoms with van der Waals surface area (Å²) in [6, 6.07) is 11.0. The van der Waals surface area contributed by atoms with E-state index in [0.717, 1.165) is 34.2 Å². The fourth-order valence-corrected chi connectivity index (χ4v) is 3.82. The quantitative estimate of drug-likeness (QED) is 0.268. The summed E-state index contributed by atoms with van der Waals surface area (Å²) in [6.07, 6.45) is -0.0600. The van der Waals surface area contributed by atoms with Crippen LogP contribution in [-0.2, 0) is 6.18 Å². The minimum absolute atomic E-state index is 0.00202. The first-order chi connectivity index (χ1) is 16.8. The van der Waals surface area contributed by atoms with Crippen molar-refractivity contribution in [3.05, 3.63) is 72.7 Å². The molecule has 35 heavy (non-hydrogen) atoms. The summed E-state index contributed by atoms with van der Waals surface area (Å²) in [5.41, 5.74) is 0.362. The molecule has 0 fully saturated rings. The van der Waals surface area contributed by atoms with E-state index in [4.69, 9.17) is 4.74 Å². The molecule has 0 spiro atoms. The minimum atomic E-state index is -4.50. The first-order valence-corrected chi connectivity index (χ1v) is 11.2. The van der Waals surface area contributed by atoms with Crippen molar-refractivity contribution in [2.75, 3.05) is 22.5 Å². The monoisotopic (exact) mass is 500 g/mol. The summed E-state index contributed by atoms with van der Waals surface area (Å²) in [4.78, 5) is 25.5. The Kier molecular flexibility index (Phi) is 7.11. The van der Waals surface area contributed by atoms with Gasteiger partial charge in [-0.2, -0.15) is 13.2 Å². The highest BCUT2D eigenvalue weighted by atomic mass is 32.1. The van der Waals surface area contributed by atoms with E-state index in [1.165, 1.54) is 24.5 Å². The van der Waals surface area contributed by atoms with Gasteiger partial charge in [0.05, 0.1) is 28.5 Å². The second-order valence-corrected chi connectivity index (χ2v) is 8.13. The number of benzene rings is 2. The van der Waals surface area contributed by atoms with Crippen LogP contribution in [0, 0.1) is 0 Å². The molecule has 2 aromatic heterocycles. The zero-order valence-corrected chi connectivity index (χ0v) is 19.1. The molecule has 0 saturated carbocycles. The molecule has 0 unspecified atom stereocenters. The van der Waals surface area contributed by atoms with Crippen molar-refractivity contribution < 1.29 is 22.7 Å². The lowest BCUT2D eigenvalue weighted by Crippen LogP contribution is -2.20. The van der Waals surface area contributed by atoms with Crippen molar-refractivity contribution in [3.8, 4) is 22.2 Å². The Labute approximate surface area is 202 Å². The van der Waals surface area contributed by atoms with E-state index in [1.54, 1.807) is 29.7 Å². The Morgan fingerprint density at radius 2 is 1.69 bits per heavy atom. The van der Waals surface area contributed by atoms with E-state index < -0.39 is 17.8 Å². The highest BCUT2D eigenvalue weighted by molar-refractivity contribution is 7.18. The van der Waals surface area contributed by atoms with Crippen LogP contribution in [0.1, 0.15) is 12.5 Å². The smallest absolute Gasteiger partial charge is 0.416 e. The van der Waals surface area contributed by atoms with Gasteiger partial charge in [-0.25, -0.2) is 19.7 Å². The van der Waals surface area contributed by atoms with Crippen LogP contribution < -0.4 is 20.7 Å². The molecule has 0 aliphatic rings. The van der Waals surface area contributed by atoms with Crippen molar-refractivity contribution in [1.29, 1.82) is 0 Å². The van der Waals surface area contributed by atoms with Crippen molar-refractivity contribution in [2.24, 2.45) is 0 Å². The van der Waals surface area contributed by atoms with Gasteiger partial charge in [-0.05, 0) is 55.0 Å². The summed E-state index contributed by atoms with van der Waals surface area (Å²) in [5, 5.41) is 8.82. The average Bonchev–Trinajstić information content (AvgIpc) is 3.29. The number of halogens is 3. The molecule has 0 aliphatic carbocycles. The molecule has 0 aliphatic heterocycles. The molecule has 2 aromatic carbocycles. The number of thiazole rings is 1. The third kappa shape index (κ3) is 6.44. The lowest BCUT2D eigenvalue weighted by atomic mass is 10.2. The Balaban J connectivity index is 1.33. The molecular formula is C23H19F3N6O2S. The van der Waals surface area contributed by atoms with Crippen LogP contribution in [0.3, 0.4) is 0 Å². The second-order valence-electron chi connectivity index (χ2n) is 7.10. The Morgan fingerprint density at radius 3 is 2.37 bits per heavy atom. The fourth-order valence-electron chi connectivity index (χ4n) is 2.93. The maximum atomic E-state index is 12.8. The number of urea groups is 1. The number of nitrogens with zero attached hydrogens (tertiary/aromatic N) is 3. The minimum Gasteiger partial charge on any atom is -0.424 e. The molecule has 3 N–H and O–H groups in total. The molecular weight excluding hydrogens is 481 g/mol. The van der Waals surface area contributed by atoms with E-state index >= 15 is 0 Å². The zero-order valence-electron chi connectivity index (χ0n) is 18.3. The number of aromatic nitrogens is 3. The Hall–Kier alpha value is -4.19. The predicted octanol–water partition coefficient (Wildman–Crippen LogP) is 6.49. The number of ether oxygens (including phenoxy) is 1. The first-order valence-electron chi connectivity index (χ1n) is 10.4. The number of nitrogens with one attached hydrogen (secondary N) is 3. The Bertz CT molecular complexity index is 1290. The van der Waals surface area contributed by atoms with Crippen LogP contribution in [0.25, 0.3) is 10.4 Å². The predicted molar refractivity (Wildman–Crippen MR) is 128 cm³/mol. The number of amides is 2. The maximum absolute atomic E-state index is 12.8. The van der Waals surface area contributed by atoms with Crippen molar-refractivity contribution in [3.63, 3.8) is 0 Å². The second kappa shape index (κ2) is 10.4. The standard InChI is InChI=1S/C23H19F3N6O2S/c1-2-27-22-30-13-19(35-22)14-6-8-18(9-7-14)34-21-28-11-17(12-29-21)32-20(33)31-16-5-3-4-15(10-16)23(24,25)26/h3-13H,2H2,1H3,(H,27,30)(H2,31,32,33). The highest BCUT2D eigenvalue weighted by Gasteiger charge is 2.30. The molecule has 0 radical (unpaired) electrons. The van der Waals surface area contributed by atoms with E-state index in [2.05, 4.69) is 30.9 Å². The fraction of sp³-hybridized carbons (Fsp3) is 0.130. The maximum Gasteiger partial charge on any atom is 0.416 e. The number of anilines is 3. The molecule has 2 amide bonds. The van der Waals surface area contributed by atoms with E-state index in [9.17, 15) is 18.0 Å². The summed E-state index contributed by atoms with van der Waals surface area (Å²) in [5.74, 6) is 0.521. The van der Waals surface area contributed by atoms with Gasteiger partial charge in [0.1, 0.15) is 5.75 Å². The SMILES string of the molecule is CCNc1ncc(-c2ccc(Oc3ncc(NC(=O)Nc4cccc(C(F)(F)F)c4)cn3)cc2)s1.